The van der Waals surface area contributed by atoms with Gasteiger partial charge in [-0.25, -0.2) is 17.8 Å². The third-order valence-electron chi connectivity index (χ3n) is 3.76. The summed E-state index contributed by atoms with van der Waals surface area (Å²) in [5.74, 6) is -0.250. The van der Waals surface area contributed by atoms with E-state index in [9.17, 15) is 23.1 Å². The second-order valence-corrected chi connectivity index (χ2v) is 7.46. The number of rotatable bonds is 4. The van der Waals surface area contributed by atoms with E-state index >= 15 is 0 Å². The molecule has 1 aliphatic heterocycles. The molecule has 0 amide bonds. The predicted octanol–water partition coefficient (Wildman–Crippen LogP) is -0.0304. The Morgan fingerprint density at radius 2 is 2.00 bits per heavy atom. The molecule has 0 radical (unpaired) electrons. The molecule has 0 bridgehead atoms. The van der Waals surface area contributed by atoms with Gasteiger partial charge in [0, 0.05) is 11.6 Å². The van der Waals surface area contributed by atoms with Crippen LogP contribution in [0.5, 0.6) is 11.6 Å². The zero-order valence-corrected chi connectivity index (χ0v) is 14.4. The van der Waals surface area contributed by atoms with Crippen molar-refractivity contribution in [3.8, 4) is 17.3 Å². The van der Waals surface area contributed by atoms with Crippen molar-refractivity contribution in [3.05, 3.63) is 62.2 Å². The molecular weight excluding hydrogens is 362 g/mol. The number of nitrogens with zero attached hydrogens (tertiary/aromatic N) is 2. The normalized spacial score (nSPS) is 18.4. The van der Waals surface area contributed by atoms with Crippen LogP contribution in [0.2, 0.25) is 0 Å². The highest BCUT2D eigenvalue weighted by atomic mass is 32.2. The zero-order chi connectivity index (χ0) is 18.9. The largest absolute Gasteiger partial charge is 0.497 e. The number of aromatic hydroxyl groups is 1. The number of ether oxygens (including phenoxy) is 1. The first-order valence-corrected chi connectivity index (χ1v) is 9.19. The quantitative estimate of drug-likeness (QED) is 0.720. The van der Waals surface area contributed by atoms with Crippen LogP contribution >= 0.6 is 0 Å². The SMILES string of the molecule is COc1ccc(-n2c(O)c(C=N[C@@H]3C=CS(=O)(=O)C3)c(=O)[nH]c2=O)cc1. The number of methoxy groups -OCH3 is 1. The van der Waals surface area contributed by atoms with E-state index in [1.54, 1.807) is 12.1 Å². The highest BCUT2D eigenvalue weighted by molar-refractivity contribution is 7.94. The van der Waals surface area contributed by atoms with Crippen molar-refractivity contribution < 1.29 is 18.3 Å². The summed E-state index contributed by atoms with van der Waals surface area (Å²) in [6.07, 6.45) is 2.44. The minimum Gasteiger partial charge on any atom is -0.497 e. The average molecular weight is 377 g/mol. The predicted molar refractivity (Wildman–Crippen MR) is 95.2 cm³/mol. The van der Waals surface area contributed by atoms with Gasteiger partial charge in [-0.1, -0.05) is 0 Å². The number of aromatic nitrogens is 2. The van der Waals surface area contributed by atoms with Crippen LogP contribution in [0, 0.1) is 0 Å². The minimum atomic E-state index is -3.29. The van der Waals surface area contributed by atoms with Gasteiger partial charge in [-0.15, -0.1) is 0 Å². The molecule has 1 atom stereocenters. The molecule has 3 rings (SSSR count). The van der Waals surface area contributed by atoms with Gasteiger partial charge >= 0.3 is 5.69 Å². The van der Waals surface area contributed by atoms with E-state index in [1.165, 1.54) is 25.3 Å². The highest BCUT2D eigenvalue weighted by Crippen LogP contribution is 2.19. The lowest BCUT2D eigenvalue weighted by Gasteiger charge is -2.10. The number of sulfone groups is 1. The molecule has 0 saturated carbocycles. The van der Waals surface area contributed by atoms with Gasteiger partial charge in [0.15, 0.2) is 9.84 Å². The van der Waals surface area contributed by atoms with Gasteiger partial charge in [0.05, 0.1) is 24.6 Å². The monoisotopic (exact) mass is 377 g/mol. The van der Waals surface area contributed by atoms with Crippen LogP contribution < -0.4 is 16.0 Å². The Bertz CT molecular complexity index is 1110. The Hall–Kier alpha value is -3.14. The molecule has 1 aliphatic rings. The Balaban J connectivity index is 2.03. The summed E-state index contributed by atoms with van der Waals surface area (Å²) in [6.45, 7) is 0. The molecule has 26 heavy (non-hydrogen) atoms. The zero-order valence-electron chi connectivity index (χ0n) is 13.6. The van der Waals surface area contributed by atoms with Gasteiger partial charge < -0.3 is 9.84 Å². The summed E-state index contributed by atoms with van der Waals surface area (Å²) in [5.41, 5.74) is -1.59. The maximum absolute atomic E-state index is 12.1. The number of nitrogens with one attached hydrogen (secondary N) is 1. The van der Waals surface area contributed by atoms with Crippen molar-refractivity contribution >= 4 is 16.1 Å². The molecule has 136 valence electrons. The molecule has 2 N–H and O–H groups in total. The van der Waals surface area contributed by atoms with Gasteiger partial charge in [-0.3, -0.25) is 14.8 Å². The topological polar surface area (TPSA) is 131 Å². The average Bonchev–Trinajstić information content (AvgIpc) is 2.94. The van der Waals surface area contributed by atoms with Crippen molar-refractivity contribution in [1.29, 1.82) is 0 Å². The van der Waals surface area contributed by atoms with Gasteiger partial charge in [0.25, 0.3) is 5.56 Å². The third kappa shape index (κ3) is 3.45. The van der Waals surface area contributed by atoms with E-state index in [0.717, 1.165) is 16.2 Å². The number of hydrogen-bond acceptors (Lipinski definition) is 7. The van der Waals surface area contributed by atoms with Crippen LogP contribution in [-0.4, -0.2) is 48.2 Å². The summed E-state index contributed by atoms with van der Waals surface area (Å²) in [6, 6.07) is 5.60. The number of benzene rings is 1. The van der Waals surface area contributed by atoms with Crippen LogP contribution in [-0.2, 0) is 9.84 Å². The van der Waals surface area contributed by atoms with Gasteiger partial charge in [0.2, 0.25) is 5.88 Å². The van der Waals surface area contributed by atoms with E-state index in [-0.39, 0.29) is 11.3 Å². The van der Waals surface area contributed by atoms with Gasteiger partial charge in [0.1, 0.15) is 11.3 Å². The van der Waals surface area contributed by atoms with Gasteiger partial charge in [-0.05, 0) is 30.3 Å². The maximum atomic E-state index is 12.1. The molecular formula is C16H15N3O6S. The van der Waals surface area contributed by atoms with Crippen molar-refractivity contribution in [2.45, 2.75) is 6.04 Å². The summed E-state index contributed by atoms with van der Waals surface area (Å²) in [4.78, 5) is 30.2. The van der Waals surface area contributed by atoms with Crippen LogP contribution in [0.4, 0.5) is 0 Å². The Morgan fingerprint density at radius 1 is 1.31 bits per heavy atom. The summed E-state index contributed by atoms with van der Waals surface area (Å²) in [7, 11) is -1.80. The van der Waals surface area contributed by atoms with Crippen molar-refractivity contribution in [2.24, 2.45) is 4.99 Å². The molecule has 2 heterocycles. The first kappa shape index (κ1) is 17.7. The standard InChI is InChI=1S/C16H15N3O6S/c1-25-12-4-2-11(3-5-12)19-15(21)13(14(20)18-16(19)22)8-17-10-6-7-26(23,24)9-10/h2-8,10,21H,9H2,1H3,(H,18,20,22)/t10-/m1/s1. The first-order valence-electron chi connectivity index (χ1n) is 7.47. The van der Waals surface area contributed by atoms with E-state index in [4.69, 9.17) is 4.74 Å². The number of aromatic amines is 1. The Morgan fingerprint density at radius 3 is 2.58 bits per heavy atom. The fraction of sp³-hybridized carbons (Fsp3) is 0.188. The van der Waals surface area contributed by atoms with E-state index in [0.29, 0.717) is 11.4 Å². The van der Waals surface area contributed by atoms with Crippen LogP contribution in [0.15, 0.2) is 50.3 Å². The van der Waals surface area contributed by atoms with Crippen molar-refractivity contribution in [2.75, 3.05) is 12.9 Å². The number of H-pyrrole nitrogens is 1. The maximum Gasteiger partial charge on any atom is 0.335 e. The van der Waals surface area contributed by atoms with E-state index < -0.39 is 33.0 Å². The fourth-order valence-electron chi connectivity index (χ4n) is 2.45. The second-order valence-electron chi connectivity index (χ2n) is 5.53. The lowest BCUT2D eigenvalue weighted by Crippen LogP contribution is -2.31. The molecule has 1 aromatic heterocycles. The summed E-state index contributed by atoms with van der Waals surface area (Å²) < 4.78 is 28.7. The second kappa shape index (κ2) is 6.64. The molecule has 0 fully saturated rings. The lowest BCUT2D eigenvalue weighted by molar-refractivity contribution is 0.414. The van der Waals surface area contributed by atoms with Crippen LogP contribution in [0.1, 0.15) is 5.56 Å². The Kier molecular flexibility index (Phi) is 4.51. The van der Waals surface area contributed by atoms with Gasteiger partial charge in [-0.2, -0.15) is 0 Å². The van der Waals surface area contributed by atoms with Crippen molar-refractivity contribution in [1.82, 2.24) is 9.55 Å². The molecule has 0 aliphatic carbocycles. The summed E-state index contributed by atoms with van der Waals surface area (Å²) >= 11 is 0. The third-order valence-corrected chi connectivity index (χ3v) is 5.14. The van der Waals surface area contributed by atoms with E-state index in [1.807, 2.05) is 0 Å². The molecule has 9 nitrogen and oxygen atoms in total. The van der Waals surface area contributed by atoms with E-state index in [2.05, 4.69) is 9.98 Å². The minimum absolute atomic E-state index is 0.208. The first-order chi connectivity index (χ1) is 12.3. The van der Waals surface area contributed by atoms with Crippen LogP contribution in [0.3, 0.4) is 0 Å². The fourth-order valence-corrected chi connectivity index (χ4v) is 3.65. The molecule has 1 aromatic carbocycles. The Labute approximate surface area is 147 Å². The highest BCUT2D eigenvalue weighted by Gasteiger charge is 2.21. The molecule has 0 spiro atoms. The smallest absolute Gasteiger partial charge is 0.335 e. The molecule has 0 saturated heterocycles. The number of hydrogen-bond donors (Lipinski definition) is 2. The lowest BCUT2D eigenvalue weighted by atomic mass is 10.2. The van der Waals surface area contributed by atoms with Crippen LogP contribution in [0.25, 0.3) is 5.69 Å². The molecule has 2 aromatic rings. The van der Waals surface area contributed by atoms with Crippen molar-refractivity contribution in [3.63, 3.8) is 0 Å². The molecule has 0 unspecified atom stereocenters. The summed E-state index contributed by atoms with van der Waals surface area (Å²) in [5, 5.41) is 11.4. The molecule has 10 heteroatoms. The number of aliphatic imine (C=N–C) groups is 1.